The van der Waals surface area contributed by atoms with Crippen molar-refractivity contribution in [3.8, 4) is 0 Å². The van der Waals surface area contributed by atoms with Crippen molar-refractivity contribution in [1.82, 2.24) is 0 Å². The van der Waals surface area contributed by atoms with Gasteiger partial charge >= 0.3 is 5.97 Å². The summed E-state index contributed by atoms with van der Waals surface area (Å²) < 4.78 is 12.5. The van der Waals surface area contributed by atoms with Gasteiger partial charge in [0, 0.05) is 18.7 Å². The van der Waals surface area contributed by atoms with Gasteiger partial charge in [0.05, 0.1) is 5.92 Å². The second kappa shape index (κ2) is 7.60. The van der Waals surface area contributed by atoms with Gasteiger partial charge in [0.15, 0.2) is 0 Å². The number of nitrogens with two attached hydrogens (primary N) is 1. The first kappa shape index (κ1) is 18.2. The molecule has 0 aromatic heterocycles. The smallest absolute Gasteiger partial charge is 0.307 e. The number of fused-ring (bicyclic) bond motifs is 1. The van der Waals surface area contributed by atoms with E-state index in [1.54, 1.807) is 6.07 Å². The molecule has 0 fully saturated rings. The van der Waals surface area contributed by atoms with Crippen molar-refractivity contribution in [2.24, 2.45) is 11.7 Å². The van der Waals surface area contributed by atoms with Gasteiger partial charge in [-0.05, 0) is 22.8 Å². The van der Waals surface area contributed by atoms with Gasteiger partial charge in [-0.25, -0.2) is 0 Å². The highest BCUT2D eigenvalue weighted by Crippen LogP contribution is 2.47. The van der Waals surface area contributed by atoms with Gasteiger partial charge in [-0.3, -0.25) is 14.2 Å². The fraction of sp³-hybridized carbons (Fsp3) is 0.294. The average molecular weight is 349 g/mol. The summed E-state index contributed by atoms with van der Waals surface area (Å²) in [6, 6.07) is 13.1. The van der Waals surface area contributed by atoms with Gasteiger partial charge in [-0.15, -0.1) is 0 Å². The molecular weight excluding hydrogens is 329 g/mol. The van der Waals surface area contributed by atoms with Crippen LogP contribution < -0.4 is 5.73 Å². The lowest BCUT2D eigenvalue weighted by Crippen LogP contribution is -2.21. The second-order valence-electron chi connectivity index (χ2n) is 5.91. The molecule has 24 heavy (non-hydrogen) atoms. The van der Waals surface area contributed by atoms with E-state index in [-0.39, 0.29) is 25.2 Å². The van der Waals surface area contributed by atoms with Crippen molar-refractivity contribution in [2.75, 3.05) is 6.16 Å². The Hall–Kier alpha value is -2.17. The number of carboxylic acids is 1. The fourth-order valence-electron chi connectivity index (χ4n) is 2.64. The van der Waals surface area contributed by atoms with Crippen LogP contribution in [0.3, 0.4) is 0 Å². The van der Waals surface area contributed by atoms with Crippen LogP contribution in [0.15, 0.2) is 42.5 Å². The van der Waals surface area contributed by atoms with Crippen LogP contribution in [0, 0.1) is 5.92 Å². The highest BCUT2D eigenvalue weighted by Gasteiger charge is 2.29. The van der Waals surface area contributed by atoms with Crippen molar-refractivity contribution >= 4 is 30.0 Å². The molecule has 0 spiro atoms. The Morgan fingerprint density at radius 1 is 1.12 bits per heavy atom. The lowest BCUT2D eigenvalue weighted by Gasteiger charge is -2.17. The third-order valence-electron chi connectivity index (χ3n) is 3.84. The van der Waals surface area contributed by atoms with E-state index in [1.807, 2.05) is 36.4 Å². The molecule has 7 heteroatoms. The third kappa shape index (κ3) is 5.18. The lowest BCUT2D eigenvalue weighted by molar-refractivity contribution is -0.141. The Labute approximate surface area is 139 Å². The first-order valence-corrected chi connectivity index (χ1v) is 9.59. The van der Waals surface area contributed by atoms with Crippen LogP contribution in [0.4, 0.5) is 0 Å². The molecule has 0 aliphatic rings. The summed E-state index contributed by atoms with van der Waals surface area (Å²) in [6.45, 7) is 0. The van der Waals surface area contributed by atoms with E-state index < -0.39 is 25.2 Å². The zero-order valence-electron chi connectivity index (χ0n) is 13.1. The molecule has 0 aliphatic heterocycles. The summed E-state index contributed by atoms with van der Waals surface area (Å²) in [5, 5.41) is 11.2. The summed E-state index contributed by atoms with van der Waals surface area (Å²) in [5.41, 5.74) is 5.70. The maximum absolute atomic E-state index is 12.5. The number of carbonyl (C=O) groups excluding carboxylic acids is 1. The third-order valence-corrected chi connectivity index (χ3v) is 5.71. The minimum absolute atomic E-state index is 0.0348. The maximum atomic E-state index is 12.5. The number of benzene rings is 2. The van der Waals surface area contributed by atoms with Crippen molar-refractivity contribution in [3.63, 3.8) is 0 Å². The molecule has 0 radical (unpaired) electrons. The van der Waals surface area contributed by atoms with E-state index in [2.05, 4.69) is 0 Å². The molecule has 2 aromatic carbocycles. The molecule has 2 aromatic rings. The van der Waals surface area contributed by atoms with E-state index in [0.717, 1.165) is 10.8 Å². The minimum atomic E-state index is -3.70. The number of hydrogen-bond acceptors (Lipinski definition) is 3. The quantitative estimate of drug-likeness (QED) is 0.633. The van der Waals surface area contributed by atoms with E-state index in [9.17, 15) is 24.2 Å². The van der Waals surface area contributed by atoms with Crippen molar-refractivity contribution in [2.45, 2.75) is 19.0 Å². The minimum Gasteiger partial charge on any atom is -0.481 e. The first-order chi connectivity index (χ1) is 11.3. The fourth-order valence-corrected chi connectivity index (χ4v) is 4.56. The molecular formula is C17H20NO5P. The zero-order valence-corrected chi connectivity index (χ0v) is 14.0. The van der Waals surface area contributed by atoms with E-state index in [4.69, 9.17) is 5.73 Å². The van der Waals surface area contributed by atoms with Gasteiger partial charge in [-0.2, -0.15) is 0 Å². The highest BCUT2D eigenvalue weighted by molar-refractivity contribution is 7.57. The number of aliphatic carboxylic acids is 1. The molecule has 6 nitrogen and oxygen atoms in total. The van der Waals surface area contributed by atoms with Gasteiger partial charge < -0.3 is 15.7 Å². The monoisotopic (exact) mass is 349 g/mol. The molecule has 0 aliphatic carbocycles. The highest BCUT2D eigenvalue weighted by atomic mass is 31.2. The van der Waals surface area contributed by atoms with Crippen molar-refractivity contribution in [3.05, 3.63) is 48.0 Å². The largest absolute Gasteiger partial charge is 0.481 e. The Bertz CT molecular complexity index is 804. The summed E-state index contributed by atoms with van der Waals surface area (Å²) in [4.78, 5) is 32.2. The number of hydrogen-bond donors (Lipinski definition) is 3. The predicted octanol–water partition coefficient (Wildman–Crippen LogP) is 2.58. The molecule has 128 valence electrons. The summed E-state index contributed by atoms with van der Waals surface area (Å²) in [6.07, 6.45) is -0.624. The van der Waals surface area contributed by atoms with E-state index in [0.29, 0.717) is 5.56 Å². The summed E-state index contributed by atoms with van der Waals surface area (Å²) >= 11 is 0. The van der Waals surface area contributed by atoms with Crippen LogP contribution in [0.25, 0.3) is 10.8 Å². The standard InChI is InChI=1S/C17H20NO5P/c18-16(19)8-7-15(17(20)21)11-24(22,23)10-12-5-6-13-3-1-2-4-14(13)9-12/h1-6,9,15H,7-8,10-11H2,(H2,18,19)(H,20,21)(H,22,23). The number of carboxylic acid groups (broad SMARTS) is 1. The zero-order chi connectivity index (χ0) is 17.7. The van der Waals surface area contributed by atoms with Crippen LogP contribution in [0.1, 0.15) is 18.4 Å². The molecule has 0 bridgehead atoms. The Morgan fingerprint density at radius 2 is 1.79 bits per heavy atom. The van der Waals surface area contributed by atoms with Crippen LogP contribution in [0.2, 0.25) is 0 Å². The molecule has 4 N–H and O–H groups in total. The van der Waals surface area contributed by atoms with Crippen LogP contribution in [-0.4, -0.2) is 28.0 Å². The SMILES string of the molecule is NC(=O)CCC(CP(=O)(O)Cc1ccc2ccccc2c1)C(=O)O. The normalized spacial score (nSPS) is 14.9. The number of rotatable bonds is 8. The van der Waals surface area contributed by atoms with Gasteiger partial charge in [0.2, 0.25) is 13.3 Å². The topological polar surface area (TPSA) is 118 Å². The maximum Gasteiger partial charge on any atom is 0.307 e. The molecule has 2 rings (SSSR count). The Balaban J connectivity index is 2.11. The van der Waals surface area contributed by atoms with Crippen molar-refractivity contribution in [1.29, 1.82) is 0 Å². The first-order valence-electron chi connectivity index (χ1n) is 7.56. The second-order valence-corrected chi connectivity index (χ2v) is 8.28. The van der Waals surface area contributed by atoms with Crippen LogP contribution in [-0.2, 0) is 20.3 Å². The summed E-state index contributed by atoms with van der Waals surface area (Å²) in [5.74, 6) is -2.87. The number of carbonyl (C=O) groups is 2. The molecule has 2 atom stereocenters. The molecule has 2 unspecified atom stereocenters. The Morgan fingerprint density at radius 3 is 2.42 bits per heavy atom. The number of primary amides is 1. The predicted molar refractivity (Wildman–Crippen MR) is 91.9 cm³/mol. The Kier molecular flexibility index (Phi) is 5.75. The van der Waals surface area contributed by atoms with E-state index >= 15 is 0 Å². The molecule has 1 amide bonds. The van der Waals surface area contributed by atoms with Gasteiger partial charge in [-0.1, -0.05) is 42.5 Å². The van der Waals surface area contributed by atoms with Gasteiger partial charge in [0.1, 0.15) is 0 Å². The molecule has 0 heterocycles. The van der Waals surface area contributed by atoms with Crippen LogP contribution >= 0.6 is 7.37 Å². The van der Waals surface area contributed by atoms with E-state index in [1.165, 1.54) is 0 Å². The van der Waals surface area contributed by atoms with Crippen molar-refractivity contribution < 1.29 is 24.2 Å². The average Bonchev–Trinajstić information content (AvgIpc) is 2.50. The number of amides is 1. The lowest BCUT2D eigenvalue weighted by atomic mass is 10.1. The van der Waals surface area contributed by atoms with Gasteiger partial charge in [0.25, 0.3) is 0 Å². The molecule has 0 saturated carbocycles. The molecule has 0 saturated heterocycles. The summed E-state index contributed by atoms with van der Waals surface area (Å²) in [7, 11) is -3.70. The van der Waals surface area contributed by atoms with Crippen LogP contribution in [0.5, 0.6) is 0 Å².